The summed E-state index contributed by atoms with van der Waals surface area (Å²) in [6.45, 7) is 1.00. The highest BCUT2D eigenvalue weighted by Gasteiger charge is 2.35. The Morgan fingerprint density at radius 3 is 2.26 bits per heavy atom. The normalized spacial score (nSPS) is 18.7. The van der Waals surface area contributed by atoms with Crippen LogP contribution in [0.1, 0.15) is 45.0 Å². The third-order valence-corrected chi connectivity index (χ3v) is 5.87. The zero-order valence-electron chi connectivity index (χ0n) is 19.4. The van der Waals surface area contributed by atoms with Crippen LogP contribution in [0.25, 0.3) is 0 Å². The largest absolute Gasteiger partial charge is 0.573 e. The summed E-state index contributed by atoms with van der Waals surface area (Å²) in [6.07, 6.45) is -5.88. The number of piperidine rings is 1. The van der Waals surface area contributed by atoms with Gasteiger partial charge in [-0.2, -0.15) is 0 Å². The summed E-state index contributed by atoms with van der Waals surface area (Å²) < 4.78 is 51.4. The first-order chi connectivity index (χ1) is 16.4. The number of halogens is 3. The highest BCUT2D eigenvalue weighted by molar-refractivity contribution is 6.15. The third kappa shape index (κ3) is 6.04. The molecule has 0 saturated carbocycles. The Morgan fingerprint density at radius 2 is 1.71 bits per heavy atom. The van der Waals surface area contributed by atoms with Crippen molar-refractivity contribution in [2.45, 2.75) is 31.2 Å². The molecule has 0 radical (unpaired) electrons. The van der Waals surface area contributed by atoms with Crippen molar-refractivity contribution in [3.63, 3.8) is 0 Å². The molecule has 1 fully saturated rings. The number of carbonyl (C=O) groups is 2. The summed E-state index contributed by atoms with van der Waals surface area (Å²) in [5, 5.41) is 21.7. The first kappa shape index (κ1) is 26.3. The van der Waals surface area contributed by atoms with E-state index in [2.05, 4.69) is 4.74 Å². The predicted octanol–water partition coefficient (Wildman–Crippen LogP) is 3.54. The fourth-order valence-electron chi connectivity index (χ4n) is 4.20. The van der Waals surface area contributed by atoms with Crippen LogP contribution in [0.3, 0.4) is 0 Å². The maximum Gasteiger partial charge on any atom is 0.573 e. The smallest absolute Gasteiger partial charge is 0.507 e. The highest BCUT2D eigenvalue weighted by atomic mass is 19.4. The molecule has 3 rings (SSSR count). The number of likely N-dealkylation sites (tertiary alicyclic amines) is 1. The van der Waals surface area contributed by atoms with E-state index in [0.29, 0.717) is 19.5 Å². The van der Waals surface area contributed by atoms with Gasteiger partial charge in [0.1, 0.15) is 28.6 Å². The number of benzene rings is 2. The lowest BCUT2D eigenvalue weighted by Crippen LogP contribution is -2.40. The van der Waals surface area contributed by atoms with Crippen molar-refractivity contribution < 1.29 is 47.2 Å². The Kier molecular flexibility index (Phi) is 7.91. The summed E-state index contributed by atoms with van der Waals surface area (Å²) in [5.41, 5.74) is 0.00367. The lowest BCUT2D eigenvalue weighted by Gasteiger charge is -2.35. The van der Waals surface area contributed by atoms with Gasteiger partial charge in [0.25, 0.3) is 0 Å². The Labute approximate surface area is 199 Å². The number of carbonyl (C=O) groups excluding carboxylic acids is 2. The van der Waals surface area contributed by atoms with Crippen LogP contribution < -0.4 is 14.2 Å². The number of hydrogen-bond acceptors (Lipinski definition) is 8. The molecule has 11 heteroatoms. The number of nitrogens with zero attached hydrogens (tertiary/aromatic N) is 1. The van der Waals surface area contributed by atoms with Gasteiger partial charge in [0.15, 0.2) is 11.6 Å². The van der Waals surface area contributed by atoms with Gasteiger partial charge in [-0.25, -0.2) is 0 Å². The Hall–Kier alpha value is -3.31. The van der Waals surface area contributed by atoms with Crippen LogP contribution in [0.4, 0.5) is 13.2 Å². The number of hydrogen-bond donors (Lipinski definition) is 2. The van der Waals surface area contributed by atoms with Gasteiger partial charge in [0.2, 0.25) is 0 Å². The number of ether oxygens (including phenoxy) is 3. The van der Waals surface area contributed by atoms with E-state index >= 15 is 0 Å². The monoisotopic (exact) mass is 497 g/mol. The van der Waals surface area contributed by atoms with Crippen molar-refractivity contribution in [2.24, 2.45) is 0 Å². The predicted molar refractivity (Wildman–Crippen MR) is 118 cm³/mol. The van der Waals surface area contributed by atoms with Crippen LogP contribution in [0.2, 0.25) is 0 Å². The number of aromatic hydroxyl groups is 1. The number of aliphatic hydroxyl groups is 1. The molecular formula is C24H26F3NO7. The van der Waals surface area contributed by atoms with Crippen LogP contribution in [0.15, 0.2) is 30.3 Å². The summed E-state index contributed by atoms with van der Waals surface area (Å²) in [6, 6.07) is 5.58. The summed E-state index contributed by atoms with van der Waals surface area (Å²) >= 11 is 0. The number of alkyl halides is 3. The molecule has 0 aliphatic carbocycles. The lowest BCUT2D eigenvalue weighted by atomic mass is 9.84. The van der Waals surface area contributed by atoms with E-state index in [1.807, 2.05) is 11.9 Å². The van der Waals surface area contributed by atoms with Crippen molar-refractivity contribution in [1.82, 2.24) is 4.90 Å². The van der Waals surface area contributed by atoms with Crippen molar-refractivity contribution in [3.8, 4) is 23.0 Å². The number of rotatable bonds is 8. The van der Waals surface area contributed by atoms with Crippen molar-refractivity contribution in [2.75, 3.05) is 34.4 Å². The topological polar surface area (TPSA) is 106 Å². The second-order valence-electron chi connectivity index (χ2n) is 8.24. The van der Waals surface area contributed by atoms with Gasteiger partial charge in [0.05, 0.1) is 26.7 Å². The maximum absolute atomic E-state index is 13.1. The molecule has 8 nitrogen and oxygen atoms in total. The molecule has 2 aromatic rings. The molecule has 0 spiro atoms. The number of Topliss-reactive ketones (excluding diaryl/α,β-unsaturated/α-hetero) is 2. The van der Waals surface area contributed by atoms with E-state index in [1.165, 1.54) is 20.3 Å². The number of likely N-dealkylation sites (N-methyl/N-ethyl adjacent to an activating group) is 1. The van der Waals surface area contributed by atoms with Gasteiger partial charge in [-0.15, -0.1) is 13.2 Å². The molecule has 190 valence electrons. The summed E-state index contributed by atoms with van der Waals surface area (Å²) in [5.74, 6) is -2.68. The molecule has 0 amide bonds. The molecule has 2 atom stereocenters. The standard InChI is InChI=1S/C24H26F3NO7/c1-28-9-8-15(18(31)12-28)21-19(33-2)11-20(34-3)22(23(21)32)17(30)10-16(29)13-4-6-14(7-5-13)35-24(25,26)27/h4-7,11,15,18,31-32H,8-10,12H2,1-3H3. The SMILES string of the molecule is COc1cc(OC)c(C2CCN(C)CC2O)c(O)c1C(=O)CC(=O)c1ccc(OC(F)(F)F)cc1. The Balaban J connectivity index is 1.90. The van der Waals surface area contributed by atoms with E-state index in [-0.39, 0.29) is 28.2 Å². The number of phenolic OH excluding ortho intramolecular Hbond substituents is 1. The molecule has 2 N–H and O–H groups in total. The molecule has 2 unspecified atom stereocenters. The van der Waals surface area contributed by atoms with Gasteiger partial charge in [0, 0.05) is 29.7 Å². The number of aliphatic hydroxyl groups excluding tert-OH is 1. The molecule has 0 aromatic heterocycles. The fourth-order valence-corrected chi connectivity index (χ4v) is 4.20. The number of β-amino-alcohol motifs (C(OH)–C–C–N with tert-alkyl or cyclic N) is 1. The first-order valence-electron chi connectivity index (χ1n) is 10.7. The average molecular weight is 497 g/mol. The maximum atomic E-state index is 13.1. The van der Waals surface area contributed by atoms with Crippen molar-refractivity contribution in [3.05, 3.63) is 47.0 Å². The first-order valence-corrected chi connectivity index (χ1v) is 10.7. The zero-order chi connectivity index (χ0) is 25.9. The number of methoxy groups -OCH3 is 2. The van der Waals surface area contributed by atoms with E-state index in [0.717, 1.165) is 24.3 Å². The minimum Gasteiger partial charge on any atom is -0.507 e. The van der Waals surface area contributed by atoms with Crippen LogP contribution in [-0.4, -0.2) is 73.5 Å². The van der Waals surface area contributed by atoms with E-state index in [9.17, 15) is 33.0 Å². The number of phenols is 1. The molecular weight excluding hydrogens is 471 g/mol. The van der Waals surface area contributed by atoms with Crippen molar-refractivity contribution >= 4 is 11.6 Å². The minimum absolute atomic E-state index is 0.00851. The van der Waals surface area contributed by atoms with Gasteiger partial charge < -0.3 is 29.3 Å². The Morgan fingerprint density at radius 1 is 1.09 bits per heavy atom. The van der Waals surface area contributed by atoms with E-state index in [4.69, 9.17) is 9.47 Å². The molecule has 35 heavy (non-hydrogen) atoms. The second kappa shape index (κ2) is 10.5. The average Bonchev–Trinajstić information content (AvgIpc) is 2.78. The summed E-state index contributed by atoms with van der Waals surface area (Å²) in [4.78, 5) is 27.7. The lowest BCUT2D eigenvalue weighted by molar-refractivity contribution is -0.274. The van der Waals surface area contributed by atoms with Gasteiger partial charge in [-0.1, -0.05) is 0 Å². The van der Waals surface area contributed by atoms with Crippen LogP contribution >= 0.6 is 0 Å². The van der Waals surface area contributed by atoms with Gasteiger partial charge in [-0.05, 0) is 44.3 Å². The minimum atomic E-state index is -4.87. The quantitative estimate of drug-likeness (QED) is 0.422. The molecule has 1 saturated heterocycles. The fraction of sp³-hybridized carbons (Fsp3) is 0.417. The van der Waals surface area contributed by atoms with Crippen LogP contribution in [-0.2, 0) is 0 Å². The summed E-state index contributed by atoms with van der Waals surface area (Å²) in [7, 11) is 4.53. The molecule has 0 bridgehead atoms. The second-order valence-corrected chi connectivity index (χ2v) is 8.24. The molecule has 1 aliphatic rings. The van der Waals surface area contributed by atoms with E-state index in [1.54, 1.807) is 0 Å². The van der Waals surface area contributed by atoms with Gasteiger partial charge in [-0.3, -0.25) is 9.59 Å². The Bertz CT molecular complexity index is 1090. The molecule has 2 aromatic carbocycles. The zero-order valence-corrected chi connectivity index (χ0v) is 19.4. The van der Waals surface area contributed by atoms with Crippen molar-refractivity contribution in [1.29, 1.82) is 0 Å². The van der Waals surface area contributed by atoms with E-state index < -0.39 is 47.9 Å². The van der Waals surface area contributed by atoms with Gasteiger partial charge >= 0.3 is 6.36 Å². The number of ketones is 2. The third-order valence-electron chi connectivity index (χ3n) is 5.87. The molecule has 1 aliphatic heterocycles. The molecule has 1 heterocycles. The van der Waals surface area contributed by atoms with Crippen LogP contribution in [0.5, 0.6) is 23.0 Å². The highest BCUT2D eigenvalue weighted by Crippen LogP contribution is 2.46. The van der Waals surface area contributed by atoms with Crippen LogP contribution in [0, 0.1) is 0 Å².